The van der Waals surface area contributed by atoms with Gasteiger partial charge in [0.25, 0.3) is 0 Å². The molecule has 2 N–H and O–H groups in total. The molecule has 1 aromatic carbocycles. The van der Waals surface area contributed by atoms with E-state index in [1.807, 2.05) is 6.07 Å². The third-order valence-corrected chi connectivity index (χ3v) is 4.97. The smallest absolute Gasteiger partial charge is 0.342 e. The topological polar surface area (TPSA) is 85.3 Å². The number of halogens is 1. The van der Waals surface area contributed by atoms with E-state index in [1.165, 1.54) is 24.5 Å². The zero-order chi connectivity index (χ0) is 17.4. The normalized spacial score (nSPS) is 16.2. The molecule has 0 spiro atoms. The molecule has 0 radical (unpaired) electrons. The van der Waals surface area contributed by atoms with Crippen molar-refractivity contribution in [2.75, 3.05) is 7.11 Å². The first-order valence-electron chi connectivity index (χ1n) is 7.03. The highest BCUT2D eigenvalue weighted by Crippen LogP contribution is 2.49. The van der Waals surface area contributed by atoms with Crippen LogP contribution in [0.4, 0.5) is 4.39 Å². The first-order chi connectivity index (χ1) is 11.5. The summed E-state index contributed by atoms with van der Waals surface area (Å²) in [6.07, 6.45) is 0. The molecule has 0 saturated carbocycles. The summed E-state index contributed by atoms with van der Waals surface area (Å²) >= 11 is 1.26. The maximum atomic E-state index is 14.3. The summed E-state index contributed by atoms with van der Waals surface area (Å²) in [5.74, 6) is -1.65. The lowest BCUT2D eigenvalue weighted by Gasteiger charge is -2.24. The van der Waals surface area contributed by atoms with Crippen molar-refractivity contribution < 1.29 is 18.7 Å². The van der Waals surface area contributed by atoms with Crippen LogP contribution in [0.25, 0.3) is 0 Å². The molecule has 3 rings (SSSR count). The third-order valence-electron chi connectivity index (χ3n) is 3.82. The van der Waals surface area contributed by atoms with E-state index in [0.29, 0.717) is 15.3 Å². The van der Waals surface area contributed by atoms with Crippen LogP contribution in [-0.2, 0) is 4.74 Å². The average molecular weight is 344 g/mol. The Kier molecular flexibility index (Phi) is 3.99. The first kappa shape index (κ1) is 16.0. The van der Waals surface area contributed by atoms with Gasteiger partial charge >= 0.3 is 5.97 Å². The maximum absolute atomic E-state index is 14.3. The van der Waals surface area contributed by atoms with Crippen LogP contribution in [0.3, 0.4) is 0 Å². The van der Waals surface area contributed by atoms with Crippen molar-refractivity contribution in [3.63, 3.8) is 0 Å². The summed E-state index contributed by atoms with van der Waals surface area (Å²) in [4.78, 5) is 13.3. The van der Waals surface area contributed by atoms with Crippen LogP contribution >= 0.6 is 11.3 Å². The second-order valence-electron chi connectivity index (χ2n) is 5.16. The predicted molar refractivity (Wildman–Crippen MR) is 86.1 cm³/mol. The molecule has 5 nitrogen and oxygen atoms in total. The molecule has 0 aliphatic carbocycles. The van der Waals surface area contributed by atoms with Crippen molar-refractivity contribution in [2.45, 2.75) is 12.8 Å². The van der Waals surface area contributed by atoms with Crippen molar-refractivity contribution >= 4 is 17.3 Å². The van der Waals surface area contributed by atoms with Gasteiger partial charge in [0.05, 0.1) is 17.9 Å². The van der Waals surface area contributed by atoms with E-state index in [9.17, 15) is 14.4 Å². The Morgan fingerprint density at radius 2 is 2.17 bits per heavy atom. The minimum absolute atomic E-state index is 0.116. The number of hydrogen-bond acceptors (Lipinski definition) is 6. The number of ether oxygens (including phenoxy) is 2. The predicted octanol–water partition coefficient (Wildman–Crippen LogP) is 3.20. The van der Waals surface area contributed by atoms with Gasteiger partial charge in [-0.1, -0.05) is 18.2 Å². The summed E-state index contributed by atoms with van der Waals surface area (Å²) in [6, 6.07) is 8.15. The molecule has 7 heteroatoms. The summed E-state index contributed by atoms with van der Waals surface area (Å²) in [5.41, 5.74) is 6.54. The lowest BCUT2D eigenvalue weighted by Crippen LogP contribution is -2.21. The fourth-order valence-corrected chi connectivity index (χ4v) is 3.95. The van der Waals surface area contributed by atoms with Crippen molar-refractivity contribution in [3.8, 4) is 11.8 Å². The van der Waals surface area contributed by atoms with Crippen LogP contribution in [0.5, 0.6) is 5.75 Å². The largest absolute Gasteiger partial charge is 0.465 e. The number of esters is 1. The summed E-state index contributed by atoms with van der Waals surface area (Å²) < 4.78 is 24.6. The molecule has 0 fully saturated rings. The lowest BCUT2D eigenvalue weighted by molar-refractivity contribution is 0.0597. The zero-order valence-electron chi connectivity index (χ0n) is 12.9. The van der Waals surface area contributed by atoms with Crippen LogP contribution < -0.4 is 10.5 Å². The molecule has 0 saturated heterocycles. The molecule has 1 aromatic heterocycles. The van der Waals surface area contributed by atoms with Gasteiger partial charge in [-0.15, -0.1) is 11.3 Å². The van der Waals surface area contributed by atoms with Gasteiger partial charge < -0.3 is 15.2 Å². The van der Waals surface area contributed by atoms with Crippen LogP contribution in [0, 0.1) is 24.1 Å². The SMILES string of the molecule is COC(=O)c1c(C)sc2c1OC(N)=C(C#N)C2c1ccccc1F. The number of aryl methyl sites for hydroxylation is 1. The minimum atomic E-state index is -0.720. The standard InChI is InChI=1S/C17H13FN2O3S/c1-8-12(17(21)22-2)14-15(24-8)13(10(7-19)16(20)23-14)9-5-3-4-6-11(9)18/h3-6,13H,20H2,1-2H3. The highest BCUT2D eigenvalue weighted by Gasteiger charge is 2.37. The van der Waals surface area contributed by atoms with Gasteiger partial charge in [0.2, 0.25) is 5.88 Å². The molecule has 122 valence electrons. The van der Waals surface area contributed by atoms with Gasteiger partial charge in [0.1, 0.15) is 23.0 Å². The van der Waals surface area contributed by atoms with Crippen molar-refractivity contribution in [1.82, 2.24) is 0 Å². The number of nitrogens with zero attached hydrogens (tertiary/aromatic N) is 1. The van der Waals surface area contributed by atoms with Crippen LogP contribution in [0.2, 0.25) is 0 Å². The van der Waals surface area contributed by atoms with Crippen molar-refractivity contribution in [3.05, 3.63) is 62.4 Å². The monoisotopic (exact) mass is 344 g/mol. The van der Waals surface area contributed by atoms with E-state index in [2.05, 4.69) is 0 Å². The quantitative estimate of drug-likeness (QED) is 0.846. The Morgan fingerprint density at radius 1 is 1.46 bits per heavy atom. The molecule has 1 aliphatic heterocycles. The molecule has 24 heavy (non-hydrogen) atoms. The molecule has 0 amide bonds. The van der Waals surface area contributed by atoms with Crippen molar-refractivity contribution in [2.24, 2.45) is 5.73 Å². The highest BCUT2D eigenvalue weighted by molar-refractivity contribution is 7.12. The van der Waals surface area contributed by atoms with E-state index in [4.69, 9.17) is 15.2 Å². The lowest BCUT2D eigenvalue weighted by atomic mass is 9.88. The van der Waals surface area contributed by atoms with E-state index < -0.39 is 17.7 Å². The Hall–Kier alpha value is -2.85. The van der Waals surface area contributed by atoms with E-state index in [1.54, 1.807) is 25.1 Å². The van der Waals surface area contributed by atoms with E-state index >= 15 is 0 Å². The Labute approximate surface area is 141 Å². The van der Waals surface area contributed by atoms with Crippen LogP contribution in [-0.4, -0.2) is 13.1 Å². The van der Waals surface area contributed by atoms with Gasteiger partial charge in [-0.05, 0) is 13.0 Å². The number of carbonyl (C=O) groups excluding carboxylic acids is 1. The van der Waals surface area contributed by atoms with Crippen LogP contribution in [0.1, 0.15) is 31.6 Å². The number of allylic oxidation sites excluding steroid dienone is 1. The molecule has 2 heterocycles. The zero-order valence-corrected chi connectivity index (χ0v) is 13.7. The molecular formula is C17H13FN2O3S. The van der Waals surface area contributed by atoms with Crippen LogP contribution in [0.15, 0.2) is 35.7 Å². The average Bonchev–Trinajstić information content (AvgIpc) is 2.89. The molecule has 1 atom stereocenters. The second kappa shape index (κ2) is 5.98. The number of thiophene rings is 1. The third kappa shape index (κ3) is 2.32. The Bertz CT molecular complexity index is 911. The van der Waals surface area contributed by atoms with Gasteiger partial charge in [-0.3, -0.25) is 0 Å². The number of carbonyl (C=O) groups is 1. The van der Waals surface area contributed by atoms with Gasteiger partial charge in [-0.25, -0.2) is 9.18 Å². The van der Waals surface area contributed by atoms with E-state index in [-0.39, 0.29) is 22.8 Å². The number of methoxy groups -OCH3 is 1. The summed E-state index contributed by atoms with van der Waals surface area (Å²) in [7, 11) is 1.27. The number of fused-ring (bicyclic) bond motifs is 1. The van der Waals surface area contributed by atoms with Gasteiger partial charge in [0.15, 0.2) is 5.75 Å². The summed E-state index contributed by atoms with van der Waals surface area (Å²) in [6.45, 7) is 1.74. The summed E-state index contributed by atoms with van der Waals surface area (Å²) in [5, 5.41) is 9.46. The minimum Gasteiger partial charge on any atom is -0.465 e. The Balaban J connectivity index is 2.29. The highest BCUT2D eigenvalue weighted by atomic mass is 32.1. The molecule has 2 aromatic rings. The fraction of sp³-hybridized carbons (Fsp3) is 0.176. The maximum Gasteiger partial charge on any atom is 0.342 e. The molecule has 1 aliphatic rings. The number of hydrogen-bond donors (Lipinski definition) is 1. The van der Waals surface area contributed by atoms with Gasteiger partial charge in [-0.2, -0.15) is 5.26 Å². The second-order valence-corrected chi connectivity index (χ2v) is 6.42. The first-order valence-corrected chi connectivity index (χ1v) is 7.84. The molecular weight excluding hydrogens is 331 g/mol. The Morgan fingerprint density at radius 3 is 2.79 bits per heavy atom. The molecule has 0 bridgehead atoms. The number of nitrogens with two attached hydrogens (primary N) is 1. The number of benzene rings is 1. The molecule has 1 unspecified atom stereocenters. The number of rotatable bonds is 2. The van der Waals surface area contributed by atoms with Gasteiger partial charge in [0, 0.05) is 10.4 Å². The van der Waals surface area contributed by atoms with Crippen molar-refractivity contribution in [1.29, 1.82) is 5.26 Å². The fourth-order valence-electron chi connectivity index (χ4n) is 2.74. The number of nitriles is 1. The van der Waals surface area contributed by atoms with E-state index in [0.717, 1.165) is 0 Å².